The smallest absolute Gasteiger partial charge is 0.0613 e. The number of likely N-dealkylation sites (N-methyl/N-ethyl adjacent to an activating group) is 1. The van der Waals surface area contributed by atoms with Crippen LogP contribution in [0.15, 0.2) is 11.6 Å². The van der Waals surface area contributed by atoms with Crippen molar-refractivity contribution in [2.75, 3.05) is 33.4 Å². The lowest BCUT2D eigenvalue weighted by molar-refractivity contribution is -0.0647. The molecular formula is C32H57NO2. The van der Waals surface area contributed by atoms with E-state index in [0.717, 1.165) is 61.6 Å². The highest BCUT2D eigenvalue weighted by atomic mass is 16.5. The number of rotatable bonds is 11. The molecule has 0 aromatic heterocycles. The fourth-order valence-electron chi connectivity index (χ4n) is 9.45. The van der Waals surface area contributed by atoms with E-state index in [4.69, 9.17) is 9.84 Å². The van der Waals surface area contributed by atoms with E-state index in [1.165, 1.54) is 64.2 Å². The summed E-state index contributed by atoms with van der Waals surface area (Å²) in [7, 11) is 2.07. The third kappa shape index (κ3) is 5.73. The maximum Gasteiger partial charge on any atom is 0.0613 e. The fraction of sp³-hybridized carbons (Fsp3) is 0.938. The van der Waals surface area contributed by atoms with Gasteiger partial charge in [-0.15, -0.1) is 0 Å². The molecule has 202 valence electrons. The molecule has 4 aliphatic rings. The van der Waals surface area contributed by atoms with Crippen LogP contribution in [0.25, 0.3) is 0 Å². The SMILES string of the molecule is CC(C)CCC[C@@H](C)[C@H]1CC[C@H]2[C@@H]3CC=C4C[C@@H](OCCN(C)CCO)CC[C@]4(C)[C@H]3CC[C@]12C. The van der Waals surface area contributed by atoms with Crippen LogP contribution < -0.4 is 0 Å². The molecule has 3 fully saturated rings. The number of hydrogen-bond donors (Lipinski definition) is 1. The average molecular weight is 488 g/mol. The van der Waals surface area contributed by atoms with Crippen LogP contribution in [0.4, 0.5) is 0 Å². The number of nitrogens with zero attached hydrogens (tertiary/aromatic N) is 1. The van der Waals surface area contributed by atoms with Crippen LogP contribution in [0, 0.1) is 46.3 Å². The van der Waals surface area contributed by atoms with E-state index in [9.17, 15) is 0 Å². The Hall–Kier alpha value is -0.380. The summed E-state index contributed by atoms with van der Waals surface area (Å²) in [6.45, 7) is 15.3. The lowest BCUT2D eigenvalue weighted by Crippen LogP contribution is -2.51. The molecule has 0 radical (unpaired) electrons. The van der Waals surface area contributed by atoms with E-state index in [1.807, 2.05) is 0 Å². The first kappa shape index (κ1) is 27.6. The molecule has 0 spiro atoms. The maximum absolute atomic E-state index is 9.11. The predicted octanol–water partition coefficient (Wildman–Crippen LogP) is 7.34. The van der Waals surface area contributed by atoms with Crippen molar-refractivity contribution in [3.05, 3.63) is 11.6 Å². The molecule has 0 unspecified atom stereocenters. The minimum atomic E-state index is 0.228. The zero-order valence-electron chi connectivity index (χ0n) is 24.0. The Balaban J connectivity index is 1.37. The summed E-state index contributed by atoms with van der Waals surface area (Å²) in [5, 5.41) is 9.11. The van der Waals surface area contributed by atoms with Gasteiger partial charge in [-0.05, 0) is 105 Å². The van der Waals surface area contributed by atoms with Gasteiger partial charge < -0.3 is 14.7 Å². The van der Waals surface area contributed by atoms with E-state index in [-0.39, 0.29) is 6.61 Å². The first-order chi connectivity index (χ1) is 16.7. The van der Waals surface area contributed by atoms with Crippen molar-refractivity contribution in [3.8, 4) is 0 Å². The molecular weight excluding hydrogens is 430 g/mol. The molecule has 3 nitrogen and oxygen atoms in total. The van der Waals surface area contributed by atoms with Gasteiger partial charge in [0.15, 0.2) is 0 Å². The zero-order valence-corrected chi connectivity index (χ0v) is 24.0. The Kier molecular flexibility index (Phi) is 9.14. The Morgan fingerprint density at radius 1 is 1.03 bits per heavy atom. The van der Waals surface area contributed by atoms with Crippen LogP contribution in [0.2, 0.25) is 0 Å². The van der Waals surface area contributed by atoms with Gasteiger partial charge in [-0.2, -0.15) is 0 Å². The highest BCUT2D eigenvalue weighted by Crippen LogP contribution is 2.67. The molecule has 0 aromatic carbocycles. The quantitative estimate of drug-likeness (QED) is 0.310. The molecule has 3 heteroatoms. The van der Waals surface area contributed by atoms with Crippen LogP contribution >= 0.6 is 0 Å². The van der Waals surface area contributed by atoms with Crippen LogP contribution in [0.5, 0.6) is 0 Å². The van der Waals surface area contributed by atoms with Gasteiger partial charge in [0, 0.05) is 13.1 Å². The van der Waals surface area contributed by atoms with E-state index in [0.29, 0.717) is 16.9 Å². The summed E-state index contributed by atoms with van der Waals surface area (Å²) in [5.41, 5.74) is 2.73. The summed E-state index contributed by atoms with van der Waals surface area (Å²) in [6.07, 6.45) is 18.3. The van der Waals surface area contributed by atoms with Crippen molar-refractivity contribution >= 4 is 0 Å². The number of aliphatic hydroxyl groups is 1. The van der Waals surface area contributed by atoms with Crippen molar-refractivity contribution in [1.82, 2.24) is 4.90 Å². The number of allylic oxidation sites excluding steroid dienone is 1. The van der Waals surface area contributed by atoms with E-state index >= 15 is 0 Å². The van der Waals surface area contributed by atoms with Crippen LogP contribution in [0.3, 0.4) is 0 Å². The normalized spacial score (nSPS) is 39.8. The Labute approximate surface area is 217 Å². The second-order valence-electron chi connectivity index (χ2n) is 14.1. The first-order valence-corrected chi connectivity index (χ1v) is 15.3. The molecule has 3 saturated carbocycles. The standard InChI is InChI=1S/C32H57NO2/c1-23(2)8-7-9-24(3)28-12-13-29-27-11-10-25-22-26(35-21-19-33(6)18-20-34)14-16-31(25,4)30(27)15-17-32(28,29)5/h10,23-24,26-30,34H,7-9,11-22H2,1-6H3/t24-,26+,27+,28-,29+,30+,31+,32-/m1/s1. The van der Waals surface area contributed by atoms with Crippen molar-refractivity contribution in [1.29, 1.82) is 0 Å². The van der Waals surface area contributed by atoms with E-state index < -0.39 is 0 Å². The number of fused-ring (bicyclic) bond motifs is 5. The number of hydrogen-bond acceptors (Lipinski definition) is 3. The summed E-state index contributed by atoms with van der Waals surface area (Å²) in [5.74, 6) is 5.46. The van der Waals surface area contributed by atoms with Gasteiger partial charge >= 0.3 is 0 Å². The lowest BCUT2D eigenvalue weighted by atomic mass is 9.47. The average Bonchev–Trinajstić information content (AvgIpc) is 3.16. The molecule has 0 heterocycles. The molecule has 0 aliphatic heterocycles. The van der Waals surface area contributed by atoms with Gasteiger partial charge in [-0.3, -0.25) is 0 Å². The monoisotopic (exact) mass is 487 g/mol. The summed E-state index contributed by atoms with van der Waals surface area (Å²) in [6, 6.07) is 0. The van der Waals surface area contributed by atoms with Crippen LogP contribution in [-0.2, 0) is 4.74 Å². The highest BCUT2D eigenvalue weighted by Gasteiger charge is 2.59. The van der Waals surface area contributed by atoms with Crippen LogP contribution in [-0.4, -0.2) is 49.5 Å². The summed E-state index contributed by atoms with van der Waals surface area (Å²) >= 11 is 0. The predicted molar refractivity (Wildman–Crippen MR) is 147 cm³/mol. The minimum Gasteiger partial charge on any atom is -0.395 e. The van der Waals surface area contributed by atoms with Gasteiger partial charge in [0.25, 0.3) is 0 Å². The van der Waals surface area contributed by atoms with E-state index in [1.54, 1.807) is 5.57 Å². The van der Waals surface area contributed by atoms with Gasteiger partial charge in [0.2, 0.25) is 0 Å². The molecule has 4 rings (SSSR count). The largest absolute Gasteiger partial charge is 0.395 e. The van der Waals surface area contributed by atoms with Crippen molar-refractivity contribution < 1.29 is 9.84 Å². The molecule has 0 amide bonds. The summed E-state index contributed by atoms with van der Waals surface area (Å²) in [4.78, 5) is 2.16. The lowest BCUT2D eigenvalue weighted by Gasteiger charge is -2.58. The van der Waals surface area contributed by atoms with Crippen molar-refractivity contribution in [2.24, 2.45) is 46.3 Å². The topological polar surface area (TPSA) is 32.7 Å². The van der Waals surface area contributed by atoms with Crippen molar-refractivity contribution in [3.63, 3.8) is 0 Å². The minimum absolute atomic E-state index is 0.228. The first-order valence-electron chi connectivity index (χ1n) is 15.3. The molecule has 8 atom stereocenters. The second-order valence-corrected chi connectivity index (χ2v) is 14.1. The summed E-state index contributed by atoms with van der Waals surface area (Å²) < 4.78 is 6.34. The Bertz CT molecular complexity index is 718. The Morgan fingerprint density at radius 2 is 1.83 bits per heavy atom. The molecule has 0 bridgehead atoms. The third-order valence-electron chi connectivity index (χ3n) is 11.6. The molecule has 0 saturated heterocycles. The number of aliphatic hydroxyl groups excluding tert-OH is 1. The second kappa shape index (κ2) is 11.6. The van der Waals surface area contributed by atoms with Gasteiger partial charge in [-0.1, -0.05) is 65.5 Å². The number of ether oxygens (including phenoxy) is 1. The fourth-order valence-corrected chi connectivity index (χ4v) is 9.45. The third-order valence-corrected chi connectivity index (χ3v) is 11.6. The van der Waals surface area contributed by atoms with E-state index in [2.05, 4.69) is 52.6 Å². The van der Waals surface area contributed by atoms with Gasteiger partial charge in [0.05, 0.1) is 19.3 Å². The molecule has 35 heavy (non-hydrogen) atoms. The highest BCUT2D eigenvalue weighted by molar-refractivity contribution is 5.25. The van der Waals surface area contributed by atoms with Gasteiger partial charge in [-0.25, -0.2) is 0 Å². The molecule has 0 aromatic rings. The Morgan fingerprint density at radius 3 is 2.57 bits per heavy atom. The molecule has 1 N–H and O–H groups in total. The zero-order chi connectivity index (χ0) is 25.2. The maximum atomic E-state index is 9.11. The van der Waals surface area contributed by atoms with Crippen molar-refractivity contribution in [2.45, 2.75) is 111 Å². The molecule has 4 aliphatic carbocycles. The van der Waals surface area contributed by atoms with Crippen LogP contribution in [0.1, 0.15) is 105 Å². The van der Waals surface area contributed by atoms with Gasteiger partial charge in [0.1, 0.15) is 0 Å².